The van der Waals surface area contributed by atoms with Gasteiger partial charge in [-0.25, -0.2) is 9.37 Å². The highest BCUT2D eigenvalue weighted by Gasteiger charge is 2.15. The number of nitrogens with zero attached hydrogens (tertiary/aromatic N) is 1. The second-order valence-electron chi connectivity index (χ2n) is 4.68. The van der Waals surface area contributed by atoms with Crippen LogP contribution in [0.15, 0.2) is 23.6 Å². The molecular weight excluding hydrogens is 259 g/mol. The second kappa shape index (κ2) is 6.26. The molecule has 102 valence electrons. The molecule has 0 aliphatic carbocycles. The van der Waals surface area contributed by atoms with E-state index in [2.05, 4.69) is 22.6 Å². The Morgan fingerprint density at radius 3 is 2.79 bits per heavy atom. The fourth-order valence-corrected chi connectivity index (χ4v) is 2.81. The van der Waals surface area contributed by atoms with Crippen molar-refractivity contribution in [2.24, 2.45) is 0 Å². The molecule has 1 aromatic carbocycles. The van der Waals surface area contributed by atoms with Crippen molar-refractivity contribution in [1.82, 2.24) is 10.3 Å². The van der Waals surface area contributed by atoms with Gasteiger partial charge in [0.25, 0.3) is 0 Å². The summed E-state index contributed by atoms with van der Waals surface area (Å²) in [6.45, 7) is 6.97. The van der Waals surface area contributed by atoms with E-state index in [0.717, 1.165) is 34.8 Å². The standard InChI is InChI=1S/C15H19FN2S/c1-4-17-14(15-9-19-11(3)18-15)8-12-7-13(16)6-5-10(12)2/h5-7,9,14,17H,4,8H2,1-3H3. The Morgan fingerprint density at radius 1 is 1.37 bits per heavy atom. The Morgan fingerprint density at radius 2 is 2.16 bits per heavy atom. The summed E-state index contributed by atoms with van der Waals surface area (Å²) >= 11 is 1.65. The number of rotatable bonds is 5. The first kappa shape index (κ1) is 14.2. The average molecular weight is 278 g/mol. The summed E-state index contributed by atoms with van der Waals surface area (Å²) in [6.07, 6.45) is 0.764. The summed E-state index contributed by atoms with van der Waals surface area (Å²) in [6, 6.07) is 5.11. The van der Waals surface area contributed by atoms with E-state index >= 15 is 0 Å². The number of aryl methyl sites for hydroxylation is 2. The van der Waals surface area contributed by atoms with Gasteiger partial charge in [0.05, 0.1) is 16.7 Å². The van der Waals surface area contributed by atoms with Gasteiger partial charge in [0, 0.05) is 5.38 Å². The third kappa shape index (κ3) is 3.61. The van der Waals surface area contributed by atoms with Gasteiger partial charge >= 0.3 is 0 Å². The van der Waals surface area contributed by atoms with Crippen molar-refractivity contribution in [3.8, 4) is 0 Å². The molecule has 4 heteroatoms. The van der Waals surface area contributed by atoms with Crippen LogP contribution in [0.25, 0.3) is 0 Å². The summed E-state index contributed by atoms with van der Waals surface area (Å²) in [5, 5.41) is 6.57. The van der Waals surface area contributed by atoms with Gasteiger partial charge < -0.3 is 5.32 Å². The largest absolute Gasteiger partial charge is 0.309 e. The molecule has 2 nitrogen and oxygen atoms in total. The van der Waals surface area contributed by atoms with E-state index < -0.39 is 0 Å². The first-order valence-corrected chi connectivity index (χ1v) is 7.38. The zero-order chi connectivity index (χ0) is 13.8. The van der Waals surface area contributed by atoms with Gasteiger partial charge in [0.15, 0.2) is 0 Å². The van der Waals surface area contributed by atoms with Gasteiger partial charge in [-0.3, -0.25) is 0 Å². The first-order valence-electron chi connectivity index (χ1n) is 6.50. The van der Waals surface area contributed by atoms with Crippen LogP contribution in [-0.4, -0.2) is 11.5 Å². The van der Waals surface area contributed by atoms with Gasteiger partial charge in [-0.15, -0.1) is 11.3 Å². The molecule has 1 aromatic heterocycles. The minimum atomic E-state index is -0.176. The molecule has 1 heterocycles. The summed E-state index contributed by atoms with van der Waals surface area (Å²) in [4.78, 5) is 4.54. The second-order valence-corrected chi connectivity index (χ2v) is 5.74. The highest BCUT2D eigenvalue weighted by molar-refractivity contribution is 7.09. The molecule has 2 aromatic rings. The molecule has 0 aliphatic rings. The molecule has 0 fully saturated rings. The van der Waals surface area contributed by atoms with Crippen LogP contribution >= 0.6 is 11.3 Å². The van der Waals surface area contributed by atoms with Crippen molar-refractivity contribution in [1.29, 1.82) is 0 Å². The number of benzene rings is 1. The zero-order valence-electron chi connectivity index (χ0n) is 11.5. The number of hydrogen-bond donors (Lipinski definition) is 1. The average Bonchev–Trinajstić information content (AvgIpc) is 2.80. The lowest BCUT2D eigenvalue weighted by Gasteiger charge is -2.17. The molecule has 0 saturated heterocycles. The molecule has 1 N–H and O–H groups in total. The number of nitrogens with one attached hydrogen (secondary N) is 1. The van der Waals surface area contributed by atoms with Crippen LogP contribution < -0.4 is 5.32 Å². The fraction of sp³-hybridized carbons (Fsp3) is 0.400. The Labute approximate surface area is 117 Å². The van der Waals surface area contributed by atoms with Crippen molar-refractivity contribution in [3.63, 3.8) is 0 Å². The van der Waals surface area contributed by atoms with E-state index in [1.165, 1.54) is 6.07 Å². The van der Waals surface area contributed by atoms with Crippen LogP contribution in [0.3, 0.4) is 0 Å². The molecule has 0 bridgehead atoms. The smallest absolute Gasteiger partial charge is 0.123 e. The van der Waals surface area contributed by atoms with Crippen LogP contribution in [0.1, 0.15) is 34.8 Å². The maximum atomic E-state index is 13.4. The van der Waals surface area contributed by atoms with Gasteiger partial charge in [-0.1, -0.05) is 13.0 Å². The first-order chi connectivity index (χ1) is 9.10. The number of hydrogen-bond acceptors (Lipinski definition) is 3. The Hall–Kier alpha value is -1.26. The molecule has 0 spiro atoms. The highest BCUT2D eigenvalue weighted by atomic mass is 32.1. The number of thiazole rings is 1. The zero-order valence-corrected chi connectivity index (χ0v) is 12.4. The van der Waals surface area contributed by atoms with E-state index in [0.29, 0.717) is 0 Å². The third-order valence-corrected chi connectivity index (χ3v) is 3.97. The summed E-state index contributed by atoms with van der Waals surface area (Å²) < 4.78 is 13.4. The Balaban J connectivity index is 2.23. The lowest BCUT2D eigenvalue weighted by molar-refractivity contribution is 0.535. The Bertz CT molecular complexity index is 551. The van der Waals surface area contributed by atoms with Crippen LogP contribution in [0.5, 0.6) is 0 Å². The molecular formula is C15H19FN2S. The normalized spacial score (nSPS) is 12.6. The molecule has 0 radical (unpaired) electrons. The number of halogens is 1. The van der Waals surface area contributed by atoms with Crippen molar-refractivity contribution >= 4 is 11.3 Å². The molecule has 19 heavy (non-hydrogen) atoms. The predicted octanol–water partition coefficient (Wildman–Crippen LogP) is 3.79. The van der Waals surface area contributed by atoms with E-state index in [-0.39, 0.29) is 11.9 Å². The van der Waals surface area contributed by atoms with Crippen LogP contribution in [0, 0.1) is 19.7 Å². The number of aromatic nitrogens is 1. The van der Waals surface area contributed by atoms with Crippen LogP contribution in [0.2, 0.25) is 0 Å². The van der Waals surface area contributed by atoms with Crippen molar-refractivity contribution < 1.29 is 4.39 Å². The van der Waals surface area contributed by atoms with Gasteiger partial charge in [-0.2, -0.15) is 0 Å². The maximum absolute atomic E-state index is 13.4. The van der Waals surface area contributed by atoms with Crippen molar-refractivity contribution in [3.05, 3.63) is 51.2 Å². The molecule has 1 atom stereocenters. The molecule has 0 saturated carbocycles. The predicted molar refractivity (Wildman–Crippen MR) is 78.1 cm³/mol. The summed E-state index contributed by atoms with van der Waals surface area (Å²) in [5.74, 6) is -0.176. The lowest BCUT2D eigenvalue weighted by Crippen LogP contribution is -2.23. The minimum Gasteiger partial charge on any atom is -0.309 e. The fourth-order valence-electron chi connectivity index (χ4n) is 2.15. The summed E-state index contributed by atoms with van der Waals surface area (Å²) in [7, 11) is 0. The van der Waals surface area contributed by atoms with E-state index in [1.54, 1.807) is 17.4 Å². The number of likely N-dealkylation sites (N-methyl/N-ethyl adjacent to an activating group) is 1. The molecule has 1 unspecified atom stereocenters. The van der Waals surface area contributed by atoms with E-state index in [4.69, 9.17) is 0 Å². The van der Waals surface area contributed by atoms with E-state index in [9.17, 15) is 4.39 Å². The van der Waals surface area contributed by atoms with E-state index in [1.807, 2.05) is 19.9 Å². The topological polar surface area (TPSA) is 24.9 Å². The van der Waals surface area contributed by atoms with Crippen LogP contribution in [-0.2, 0) is 6.42 Å². The highest BCUT2D eigenvalue weighted by Crippen LogP contribution is 2.22. The van der Waals surface area contributed by atoms with Crippen molar-refractivity contribution in [2.75, 3.05) is 6.54 Å². The lowest BCUT2D eigenvalue weighted by atomic mass is 9.99. The van der Waals surface area contributed by atoms with Crippen molar-refractivity contribution in [2.45, 2.75) is 33.2 Å². The van der Waals surface area contributed by atoms with Crippen LogP contribution in [0.4, 0.5) is 4.39 Å². The molecule has 0 amide bonds. The van der Waals surface area contributed by atoms with Gasteiger partial charge in [0.2, 0.25) is 0 Å². The molecule has 2 rings (SSSR count). The minimum absolute atomic E-state index is 0.149. The van der Waals surface area contributed by atoms with Gasteiger partial charge in [-0.05, 0) is 50.1 Å². The quantitative estimate of drug-likeness (QED) is 0.900. The summed E-state index contributed by atoms with van der Waals surface area (Å²) in [5.41, 5.74) is 3.21. The monoisotopic (exact) mass is 278 g/mol. The SMILES string of the molecule is CCNC(Cc1cc(F)ccc1C)c1csc(C)n1. The molecule has 0 aliphatic heterocycles. The Kier molecular flexibility index (Phi) is 4.66. The third-order valence-electron chi connectivity index (χ3n) is 3.18. The van der Waals surface area contributed by atoms with Gasteiger partial charge in [0.1, 0.15) is 5.82 Å². The maximum Gasteiger partial charge on any atom is 0.123 e.